The molecule has 0 fully saturated rings. The van der Waals surface area contributed by atoms with Gasteiger partial charge in [0.1, 0.15) is 10.5 Å². The number of imidazole rings is 1. The predicted octanol–water partition coefficient (Wildman–Crippen LogP) is 4.74. The molecule has 0 spiro atoms. The van der Waals surface area contributed by atoms with Crippen molar-refractivity contribution >= 4 is 21.6 Å². The van der Waals surface area contributed by atoms with Crippen molar-refractivity contribution in [3.63, 3.8) is 0 Å². The molecule has 5 aromatic rings. The molecule has 0 aliphatic heterocycles. The van der Waals surface area contributed by atoms with Gasteiger partial charge in [0.2, 0.25) is 0 Å². The normalized spacial score (nSPS) is 11.7. The number of aliphatic hydroxyl groups is 1. The Balaban J connectivity index is 1.82. The maximum Gasteiger partial charge on any atom is 0.263 e. The monoisotopic (exact) mass is 488 g/mol. The third-order valence-electron chi connectivity index (χ3n) is 6.06. The van der Waals surface area contributed by atoms with E-state index in [-0.39, 0.29) is 18.2 Å². The van der Waals surface area contributed by atoms with Gasteiger partial charge in [0.15, 0.2) is 11.6 Å². The minimum atomic E-state index is -0.101. The summed E-state index contributed by atoms with van der Waals surface area (Å²) in [5.41, 5.74) is 2.54. The summed E-state index contributed by atoms with van der Waals surface area (Å²) in [5, 5.41) is 14.7. The predicted molar refractivity (Wildman–Crippen MR) is 139 cm³/mol. The lowest BCUT2D eigenvalue weighted by molar-refractivity contribution is 0.281. The number of benzene rings is 1. The van der Waals surface area contributed by atoms with E-state index in [4.69, 9.17) is 10.1 Å². The average Bonchev–Trinajstić information content (AvgIpc) is 3.59. The van der Waals surface area contributed by atoms with Gasteiger partial charge in [-0.1, -0.05) is 30.3 Å². The second-order valence-electron chi connectivity index (χ2n) is 8.81. The number of thiophene rings is 1. The summed E-state index contributed by atoms with van der Waals surface area (Å²) in [6.07, 6.45) is 6.79. The Bertz CT molecular complexity index is 1530. The lowest BCUT2D eigenvalue weighted by Crippen LogP contribution is -2.24. The Morgan fingerprint density at radius 3 is 2.51 bits per heavy atom. The van der Waals surface area contributed by atoms with Crippen LogP contribution in [0.2, 0.25) is 0 Å². The van der Waals surface area contributed by atoms with Crippen LogP contribution in [0.15, 0.2) is 59.8 Å². The molecule has 0 aliphatic carbocycles. The molecular formula is C26H28N6O2S. The number of hydrogen-bond acceptors (Lipinski definition) is 6. The summed E-state index contributed by atoms with van der Waals surface area (Å²) in [6, 6.07) is 12.2. The average molecular weight is 489 g/mol. The van der Waals surface area contributed by atoms with Gasteiger partial charge in [-0.3, -0.25) is 14.0 Å². The van der Waals surface area contributed by atoms with E-state index in [0.29, 0.717) is 41.3 Å². The summed E-state index contributed by atoms with van der Waals surface area (Å²) in [5.74, 6) is 1.17. The first kappa shape index (κ1) is 23.2. The van der Waals surface area contributed by atoms with Crippen LogP contribution in [0.3, 0.4) is 0 Å². The van der Waals surface area contributed by atoms with E-state index in [0.717, 1.165) is 21.7 Å². The molecule has 35 heavy (non-hydrogen) atoms. The Morgan fingerprint density at radius 2 is 1.86 bits per heavy atom. The topological polar surface area (TPSA) is 90.8 Å². The highest BCUT2D eigenvalue weighted by Gasteiger charge is 2.25. The van der Waals surface area contributed by atoms with Crippen LogP contribution in [0.1, 0.15) is 32.7 Å². The summed E-state index contributed by atoms with van der Waals surface area (Å²) >= 11 is 1.49. The molecule has 0 amide bonds. The van der Waals surface area contributed by atoms with Crippen LogP contribution in [0.4, 0.5) is 0 Å². The van der Waals surface area contributed by atoms with E-state index in [9.17, 15) is 9.90 Å². The molecule has 4 aromatic heterocycles. The van der Waals surface area contributed by atoms with Gasteiger partial charge in [0, 0.05) is 50.4 Å². The van der Waals surface area contributed by atoms with Crippen molar-refractivity contribution in [2.75, 3.05) is 6.61 Å². The Kier molecular flexibility index (Phi) is 6.36. The summed E-state index contributed by atoms with van der Waals surface area (Å²) in [7, 11) is 1.89. The standard InChI is InChI=1S/C26H28N6O2S/c1-17(2)32-14-11-19(29-32)22-20(18-9-5-4-6-10-18)21-25(35-22)28-24(23-27-12-15-30(23)3)31(26(21)34)13-7-8-16-33/h4-6,9-12,14-15,17,33H,7-8,13,16H2,1-3H3. The number of nitrogens with zero attached hydrogens (tertiary/aromatic N) is 6. The third kappa shape index (κ3) is 4.21. The number of aliphatic hydroxyl groups excluding tert-OH is 1. The number of unbranched alkanes of at least 4 members (excludes halogenated alkanes) is 1. The number of aryl methyl sites for hydroxylation is 1. The molecule has 0 saturated carbocycles. The van der Waals surface area contributed by atoms with Crippen LogP contribution in [0.5, 0.6) is 0 Å². The van der Waals surface area contributed by atoms with E-state index in [2.05, 4.69) is 18.8 Å². The molecule has 0 aliphatic rings. The number of rotatable bonds is 8. The van der Waals surface area contributed by atoms with Crippen molar-refractivity contribution in [2.24, 2.45) is 7.05 Å². The highest BCUT2D eigenvalue weighted by molar-refractivity contribution is 7.22. The van der Waals surface area contributed by atoms with Gasteiger partial charge in [-0.15, -0.1) is 11.3 Å². The van der Waals surface area contributed by atoms with E-state index in [1.807, 2.05) is 65.1 Å². The van der Waals surface area contributed by atoms with Gasteiger partial charge in [-0.2, -0.15) is 5.10 Å². The van der Waals surface area contributed by atoms with Crippen LogP contribution in [-0.2, 0) is 13.6 Å². The van der Waals surface area contributed by atoms with E-state index in [1.54, 1.807) is 10.8 Å². The SMILES string of the molecule is CC(C)n1ccc(-c2sc3nc(-c4nccn4C)n(CCCCO)c(=O)c3c2-c2ccccc2)n1. The Hall–Kier alpha value is -3.56. The van der Waals surface area contributed by atoms with Gasteiger partial charge >= 0.3 is 0 Å². The molecular weight excluding hydrogens is 460 g/mol. The Labute approximate surface area is 207 Å². The fourth-order valence-electron chi connectivity index (χ4n) is 4.23. The zero-order chi connectivity index (χ0) is 24.5. The van der Waals surface area contributed by atoms with Crippen LogP contribution >= 0.6 is 11.3 Å². The smallest absolute Gasteiger partial charge is 0.263 e. The van der Waals surface area contributed by atoms with Gasteiger partial charge in [-0.05, 0) is 38.3 Å². The van der Waals surface area contributed by atoms with Gasteiger partial charge < -0.3 is 9.67 Å². The fraction of sp³-hybridized carbons (Fsp3) is 0.308. The van der Waals surface area contributed by atoms with Crippen LogP contribution in [-0.4, -0.2) is 40.6 Å². The molecule has 180 valence electrons. The fourth-order valence-corrected chi connectivity index (χ4v) is 5.38. The van der Waals surface area contributed by atoms with E-state index >= 15 is 0 Å². The maximum absolute atomic E-state index is 14.1. The number of fused-ring (bicyclic) bond motifs is 1. The van der Waals surface area contributed by atoms with Gasteiger partial charge in [-0.25, -0.2) is 9.97 Å². The van der Waals surface area contributed by atoms with E-state index in [1.165, 1.54) is 11.3 Å². The molecule has 0 unspecified atom stereocenters. The van der Waals surface area contributed by atoms with Crippen LogP contribution < -0.4 is 5.56 Å². The molecule has 8 nitrogen and oxygen atoms in total. The molecule has 0 radical (unpaired) electrons. The molecule has 1 aromatic carbocycles. The molecule has 0 bridgehead atoms. The quantitative estimate of drug-likeness (QED) is 0.319. The molecule has 9 heteroatoms. The summed E-state index contributed by atoms with van der Waals surface area (Å²) < 4.78 is 5.50. The van der Waals surface area contributed by atoms with Crippen molar-refractivity contribution in [2.45, 2.75) is 39.3 Å². The van der Waals surface area contributed by atoms with Gasteiger partial charge in [0.25, 0.3) is 5.56 Å². The van der Waals surface area contributed by atoms with Crippen molar-refractivity contribution in [3.8, 4) is 33.3 Å². The van der Waals surface area contributed by atoms with Crippen molar-refractivity contribution in [1.82, 2.24) is 28.9 Å². The van der Waals surface area contributed by atoms with Crippen molar-refractivity contribution in [1.29, 1.82) is 0 Å². The zero-order valence-electron chi connectivity index (χ0n) is 20.0. The lowest BCUT2D eigenvalue weighted by Gasteiger charge is -2.12. The highest BCUT2D eigenvalue weighted by atomic mass is 32.1. The molecule has 4 heterocycles. The Morgan fingerprint density at radius 1 is 1.06 bits per heavy atom. The van der Waals surface area contributed by atoms with Gasteiger partial charge in [0.05, 0.1) is 10.3 Å². The molecule has 0 atom stereocenters. The summed E-state index contributed by atoms with van der Waals surface area (Å²) in [4.78, 5) is 25.2. The molecule has 0 saturated heterocycles. The second kappa shape index (κ2) is 9.59. The maximum atomic E-state index is 14.1. The lowest BCUT2D eigenvalue weighted by atomic mass is 10.0. The first-order valence-electron chi connectivity index (χ1n) is 11.8. The highest BCUT2D eigenvalue weighted by Crippen LogP contribution is 2.42. The largest absolute Gasteiger partial charge is 0.396 e. The minimum Gasteiger partial charge on any atom is -0.396 e. The van der Waals surface area contributed by atoms with E-state index < -0.39 is 0 Å². The summed E-state index contributed by atoms with van der Waals surface area (Å²) in [6.45, 7) is 4.71. The van der Waals surface area contributed by atoms with Crippen molar-refractivity contribution < 1.29 is 5.11 Å². The van der Waals surface area contributed by atoms with Crippen LogP contribution in [0, 0.1) is 0 Å². The zero-order valence-corrected chi connectivity index (χ0v) is 20.9. The number of aromatic nitrogens is 6. The third-order valence-corrected chi connectivity index (χ3v) is 7.16. The van der Waals surface area contributed by atoms with Crippen molar-refractivity contribution in [3.05, 3.63) is 65.3 Å². The number of hydrogen-bond donors (Lipinski definition) is 1. The molecule has 1 N–H and O–H groups in total. The first-order chi connectivity index (χ1) is 17.0. The first-order valence-corrected chi connectivity index (χ1v) is 12.6. The minimum absolute atomic E-state index is 0.0819. The molecule has 5 rings (SSSR count). The second-order valence-corrected chi connectivity index (χ2v) is 9.81. The van der Waals surface area contributed by atoms with Crippen LogP contribution in [0.25, 0.3) is 43.6 Å².